The molecule has 0 atom stereocenters. The lowest BCUT2D eigenvalue weighted by molar-refractivity contribution is 0.0955. The lowest BCUT2D eigenvalue weighted by atomic mass is 10.1. The quantitative estimate of drug-likeness (QED) is 0.592. The minimum atomic E-state index is -0.271. The van der Waals surface area contributed by atoms with E-state index in [-0.39, 0.29) is 11.7 Å². The Morgan fingerprint density at radius 2 is 1.90 bits per heavy atom. The van der Waals surface area contributed by atoms with Crippen LogP contribution in [0.4, 0.5) is 0 Å². The molecule has 0 radical (unpaired) electrons. The summed E-state index contributed by atoms with van der Waals surface area (Å²) in [6, 6.07) is 10.7. The second-order valence-corrected chi connectivity index (χ2v) is 6.11. The van der Waals surface area contributed by atoms with Crippen molar-refractivity contribution in [1.29, 1.82) is 0 Å². The molecule has 6 heteroatoms. The third kappa shape index (κ3) is 4.15. The zero-order valence-corrected chi connectivity index (χ0v) is 14.3. The Morgan fingerprint density at radius 3 is 2.52 bits per heavy atom. The molecule has 0 saturated heterocycles. The first-order chi connectivity index (χ1) is 9.97. The van der Waals surface area contributed by atoms with Crippen LogP contribution in [0.5, 0.6) is 5.75 Å². The molecule has 0 heterocycles. The van der Waals surface area contributed by atoms with Crippen molar-refractivity contribution >= 4 is 44.0 Å². The fraction of sp³-hybridized carbons (Fsp3) is 0.0667. The number of phenolic OH excluding ortho intramolecular Hbond substituents is 1. The molecule has 0 aliphatic heterocycles. The molecule has 0 saturated carbocycles. The van der Waals surface area contributed by atoms with Gasteiger partial charge in [-0.25, -0.2) is 5.43 Å². The molecule has 0 aliphatic rings. The second kappa shape index (κ2) is 6.87. The van der Waals surface area contributed by atoms with Gasteiger partial charge >= 0.3 is 0 Å². The fourth-order valence-electron chi connectivity index (χ4n) is 1.68. The lowest BCUT2D eigenvalue weighted by Gasteiger charge is -2.03. The van der Waals surface area contributed by atoms with Gasteiger partial charge in [0.05, 0.1) is 15.2 Å². The smallest absolute Gasteiger partial charge is 0.271 e. The number of rotatable bonds is 3. The first-order valence-electron chi connectivity index (χ1n) is 6.05. The van der Waals surface area contributed by atoms with Crippen molar-refractivity contribution in [2.45, 2.75) is 6.92 Å². The molecule has 0 aliphatic carbocycles. The highest BCUT2D eigenvalue weighted by Gasteiger charge is 2.05. The monoisotopic (exact) mass is 410 g/mol. The van der Waals surface area contributed by atoms with Crippen molar-refractivity contribution in [1.82, 2.24) is 5.43 Å². The summed E-state index contributed by atoms with van der Waals surface area (Å²) in [5.74, 6) is -0.150. The minimum absolute atomic E-state index is 0.121. The maximum atomic E-state index is 11.9. The van der Waals surface area contributed by atoms with Crippen molar-refractivity contribution in [3.8, 4) is 5.75 Å². The van der Waals surface area contributed by atoms with Crippen LogP contribution < -0.4 is 5.43 Å². The van der Waals surface area contributed by atoms with Crippen LogP contribution in [0.2, 0.25) is 0 Å². The van der Waals surface area contributed by atoms with Crippen LogP contribution in [0.1, 0.15) is 21.5 Å². The van der Waals surface area contributed by atoms with Crippen LogP contribution in [-0.2, 0) is 0 Å². The number of aryl methyl sites for hydroxylation is 1. The number of amides is 1. The van der Waals surface area contributed by atoms with Gasteiger partial charge in [0.2, 0.25) is 0 Å². The number of nitrogens with zero attached hydrogens (tertiary/aromatic N) is 1. The molecule has 108 valence electrons. The first kappa shape index (κ1) is 15.7. The molecule has 2 aromatic rings. The number of carbonyl (C=O) groups is 1. The molecule has 2 rings (SSSR count). The number of benzene rings is 2. The molecule has 0 aromatic heterocycles. The van der Waals surface area contributed by atoms with Crippen LogP contribution in [0.3, 0.4) is 0 Å². The summed E-state index contributed by atoms with van der Waals surface area (Å²) in [7, 11) is 0. The van der Waals surface area contributed by atoms with Crippen LogP contribution in [-0.4, -0.2) is 17.2 Å². The Morgan fingerprint density at radius 1 is 1.24 bits per heavy atom. The predicted octanol–water partition coefficient (Wildman–Crippen LogP) is 3.99. The number of halogens is 2. The van der Waals surface area contributed by atoms with Gasteiger partial charge in [-0.1, -0.05) is 17.7 Å². The molecular formula is C15H12Br2N2O2. The summed E-state index contributed by atoms with van der Waals surface area (Å²) in [5, 5.41) is 13.5. The molecule has 0 bridgehead atoms. The topological polar surface area (TPSA) is 61.7 Å². The first-order valence-corrected chi connectivity index (χ1v) is 7.64. The highest BCUT2D eigenvalue weighted by molar-refractivity contribution is 9.11. The van der Waals surface area contributed by atoms with Crippen LogP contribution in [0.25, 0.3) is 0 Å². The summed E-state index contributed by atoms with van der Waals surface area (Å²) in [6.45, 7) is 1.92. The second-order valence-electron chi connectivity index (χ2n) is 4.40. The van der Waals surface area contributed by atoms with Crippen molar-refractivity contribution < 1.29 is 9.90 Å². The average molecular weight is 412 g/mol. The van der Waals surface area contributed by atoms with E-state index in [0.29, 0.717) is 14.5 Å². The number of carbonyl (C=O) groups excluding carboxylic acids is 1. The van der Waals surface area contributed by atoms with Gasteiger partial charge in [0.15, 0.2) is 0 Å². The van der Waals surface area contributed by atoms with Crippen molar-refractivity contribution in [2.24, 2.45) is 5.10 Å². The maximum Gasteiger partial charge on any atom is 0.271 e. The minimum Gasteiger partial charge on any atom is -0.506 e. The third-order valence-corrected chi connectivity index (χ3v) is 3.91. The molecule has 2 aromatic carbocycles. The Balaban J connectivity index is 2.07. The Hall–Kier alpha value is -1.66. The number of hydrogen-bond donors (Lipinski definition) is 2. The largest absolute Gasteiger partial charge is 0.506 e. The zero-order chi connectivity index (χ0) is 15.4. The number of aromatic hydroxyl groups is 1. The molecule has 4 nitrogen and oxygen atoms in total. The summed E-state index contributed by atoms with van der Waals surface area (Å²) < 4.78 is 1.09. The van der Waals surface area contributed by atoms with E-state index >= 15 is 0 Å². The highest BCUT2D eigenvalue weighted by Crippen LogP contribution is 2.32. The van der Waals surface area contributed by atoms with E-state index in [2.05, 4.69) is 42.4 Å². The highest BCUT2D eigenvalue weighted by atomic mass is 79.9. The molecule has 1 amide bonds. The summed E-state index contributed by atoms with van der Waals surface area (Å²) in [6.07, 6.45) is 1.50. The van der Waals surface area contributed by atoms with E-state index in [1.54, 1.807) is 24.3 Å². The molecular weight excluding hydrogens is 400 g/mol. The third-order valence-electron chi connectivity index (χ3n) is 2.70. The zero-order valence-electron chi connectivity index (χ0n) is 11.1. The van der Waals surface area contributed by atoms with Gasteiger partial charge in [-0.2, -0.15) is 5.10 Å². The van der Waals surface area contributed by atoms with Gasteiger partial charge < -0.3 is 5.11 Å². The number of hydrazone groups is 1. The average Bonchev–Trinajstić information content (AvgIpc) is 2.44. The van der Waals surface area contributed by atoms with E-state index in [0.717, 1.165) is 11.1 Å². The van der Waals surface area contributed by atoms with Crippen LogP contribution in [0.15, 0.2) is 50.4 Å². The molecule has 0 fully saturated rings. The van der Waals surface area contributed by atoms with Crippen molar-refractivity contribution in [3.63, 3.8) is 0 Å². The Bertz CT molecular complexity index is 692. The summed E-state index contributed by atoms with van der Waals surface area (Å²) in [4.78, 5) is 11.9. The van der Waals surface area contributed by atoms with E-state index in [1.165, 1.54) is 6.21 Å². The summed E-state index contributed by atoms with van der Waals surface area (Å²) in [5.41, 5.74) is 4.77. The van der Waals surface area contributed by atoms with E-state index in [4.69, 9.17) is 0 Å². The van der Waals surface area contributed by atoms with Gasteiger partial charge in [0.25, 0.3) is 5.91 Å². The van der Waals surface area contributed by atoms with Gasteiger partial charge in [-0.3, -0.25) is 4.79 Å². The fourth-order valence-corrected chi connectivity index (χ4v) is 2.90. The SMILES string of the molecule is Cc1cccc(C(=O)NN=Cc2cc(Br)c(O)c(Br)c2)c1. The predicted molar refractivity (Wildman–Crippen MR) is 89.7 cm³/mol. The standard InChI is InChI=1S/C15H12Br2N2O2/c1-9-3-2-4-11(5-9)15(21)19-18-8-10-6-12(16)14(20)13(17)7-10/h2-8,20H,1H3,(H,19,21). The summed E-state index contributed by atoms with van der Waals surface area (Å²) >= 11 is 6.47. The lowest BCUT2D eigenvalue weighted by Crippen LogP contribution is -2.17. The van der Waals surface area contributed by atoms with Crippen molar-refractivity contribution in [2.75, 3.05) is 0 Å². The van der Waals surface area contributed by atoms with Crippen LogP contribution in [0, 0.1) is 6.92 Å². The molecule has 0 spiro atoms. The molecule has 2 N–H and O–H groups in total. The Labute approximate surface area is 139 Å². The van der Waals surface area contributed by atoms with E-state index in [1.807, 2.05) is 19.1 Å². The van der Waals surface area contributed by atoms with E-state index < -0.39 is 0 Å². The van der Waals surface area contributed by atoms with Crippen molar-refractivity contribution in [3.05, 3.63) is 62.0 Å². The van der Waals surface area contributed by atoms with E-state index in [9.17, 15) is 9.90 Å². The number of nitrogens with one attached hydrogen (secondary N) is 1. The van der Waals surface area contributed by atoms with Gasteiger partial charge in [0.1, 0.15) is 5.75 Å². The van der Waals surface area contributed by atoms with Gasteiger partial charge in [-0.15, -0.1) is 0 Å². The number of hydrogen-bond acceptors (Lipinski definition) is 3. The van der Waals surface area contributed by atoms with Gasteiger partial charge in [0, 0.05) is 5.56 Å². The molecule has 0 unspecified atom stereocenters. The van der Waals surface area contributed by atoms with Crippen LogP contribution >= 0.6 is 31.9 Å². The normalized spacial score (nSPS) is 10.8. The maximum absolute atomic E-state index is 11.9. The number of phenols is 1. The molecule has 21 heavy (non-hydrogen) atoms. The Kier molecular flexibility index (Phi) is 5.14. The van der Waals surface area contributed by atoms with Gasteiger partial charge in [-0.05, 0) is 68.6 Å².